The molecule has 1 aromatic carbocycles. The minimum atomic E-state index is -0.965. The fourth-order valence-electron chi connectivity index (χ4n) is 3.48. The molecular formula is C23H28N4O4. The van der Waals surface area contributed by atoms with Gasteiger partial charge in [0.1, 0.15) is 11.5 Å². The SMILES string of the molecule is CCCCc1ncc(/C=C2/C(=O)NC(=O)N2CCCC)n1Cc1ccc(C(=O)O)cc1. The smallest absolute Gasteiger partial charge is 0.335 e. The number of unbranched alkanes of at least 4 members (excludes halogenated alkanes) is 2. The highest BCUT2D eigenvalue weighted by atomic mass is 16.4. The van der Waals surface area contributed by atoms with Crippen molar-refractivity contribution in [2.75, 3.05) is 6.54 Å². The molecule has 2 aromatic rings. The fourth-order valence-corrected chi connectivity index (χ4v) is 3.48. The summed E-state index contributed by atoms with van der Waals surface area (Å²) >= 11 is 0. The molecule has 0 radical (unpaired) electrons. The quantitative estimate of drug-likeness (QED) is 0.447. The lowest BCUT2D eigenvalue weighted by molar-refractivity contribution is -0.116. The number of hydrogen-bond donors (Lipinski definition) is 2. The number of aryl methyl sites for hydroxylation is 1. The van der Waals surface area contributed by atoms with E-state index in [9.17, 15) is 14.4 Å². The summed E-state index contributed by atoms with van der Waals surface area (Å²) in [6.45, 7) is 5.11. The van der Waals surface area contributed by atoms with Crippen LogP contribution in [-0.4, -0.2) is 44.0 Å². The van der Waals surface area contributed by atoms with Gasteiger partial charge in [0.2, 0.25) is 0 Å². The van der Waals surface area contributed by atoms with Gasteiger partial charge in [-0.05, 0) is 36.6 Å². The van der Waals surface area contributed by atoms with E-state index in [0.29, 0.717) is 18.8 Å². The maximum absolute atomic E-state index is 12.4. The summed E-state index contributed by atoms with van der Waals surface area (Å²) < 4.78 is 2.02. The van der Waals surface area contributed by atoms with E-state index in [1.807, 2.05) is 11.5 Å². The molecule has 0 atom stereocenters. The first kappa shape index (κ1) is 22.3. The van der Waals surface area contributed by atoms with Crippen LogP contribution in [0.3, 0.4) is 0 Å². The molecule has 8 heteroatoms. The maximum Gasteiger partial charge on any atom is 0.335 e. The van der Waals surface area contributed by atoms with Crippen LogP contribution in [0.5, 0.6) is 0 Å². The molecule has 0 spiro atoms. The third kappa shape index (κ3) is 5.20. The topological polar surface area (TPSA) is 105 Å². The van der Waals surface area contributed by atoms with Crippen molar-refractivity contribution in [2.24, 2.45) is 0 Å². The molecule has 1 aromatic heterocycles. The van der Waals surface area contributed by atoms with Gasteiger partial charge in [-0.3, -0.25) is 15.0 Å². The van der Waals surface area contributed by atoms with Crippen molar-refractivity contribution < 1.29 is 19.5 Å². The van der Waals surface area contributed by atoms with Crippen LogP contribution in [0, 0.1) is 0 Å². The van der Waals surface area contributed by atoms with Gasteiger partial charge in [0.25, 0.3) is 5.91 Å². The lowest BCUT2D eigenvalue weighted by atomic mass is 10.1. The van der Waals surface area contributed by atoms with E-state index in [1.54, 1.807) is 36.5 Å². The Morgan fingerprint density at radius 1 is 1.13 bits per heavy atom. The Labute approximate surface area is 181 Å². The lowest BCUT2D eigenvalue weighted by Gasteiger charge is -2.15. The number of imide groups is 1. The summed E-state index contributed by atoms with van der Waals surface area (Å²) in [6.07, 6.45) is 7.94. The Balaban J connectivity index is 1.95. The van der Waals surface area contributed by atoms with Crippen LogP contribution in [0.4, 0.5) is 4.79 Å². The van der Waals surface area contributed by atoms with Gasteiger partial charge in [-0.2, -0.15) is 0 Å². The number of carboxylic acids is 1. The molecule has 0 aliphatic carbocycles. The highest BCUT2D eigenvalue weighted by molar-refractivity contribution is 6.13. The van der Waals surface area contributed by atoms with Gasteiger partial charge in [-0.15, -0.1) is 0 Å². The normalized spacial score (nSPS) is 15.0. The van der Waals surface area contributed by atoms with Gasteiger partial charge in [0, 0.05) is 19.5 Å². The van der Waals surface area contributed by atoms with E-state index in [2.05, 4.69) is 17.2 Å². The van der Waals surface area contributed by atoms with Gasteiger partial charge < -0.3 is 9.67 Å². The minimum Gasteiger partial charge on any atom is -0.478 e. The summed E-state index contributed by atoms with van der Waals surface area (Å²) in [6, 6.07) is 6.32. The summed E-state index contributed by atoms with van der Waals surface area (Å²) in [7, 11) is 0. The molecule has 0 unspecified atom stereocenters. The van der Waals surface area contributed by atoms with Gasteiger partial charge in [0.05, 0.1) is 17.5 Å². The van der Waals surface area contributed by atoms with Crippen LogP contribution < -0.4 is 5.32 Å². The maximum atomic E-state index is 12.4. The summed E-state index contributed by atoms with van der Waals surface area (Å²) in [5, 5.41) is 11.5. The molecule has 3 amide bonds. The van der Waals surface area contributed by atoms with Crippen LogP contribution in [0.25, 0.3) is 6.08 Å². The fraction of sp³-hybridized carbons (Fsp3) is 0.391. The summed E-state index contributed by atoms with van der Waals surface area (Å²) in [5.74, 6) is -0.483. The second-order valence-electron chi connectivity index (χ2n) is 7.59. The molecule has 0 saturated carbocycles. The second kappa shape index (κ2) is 10.1. The third-order valence-corrected chi connectivity index (χ3v) is 5.27. The largest absolute Gasteiger partial charge is 0.478 e. The van der Waals surface area contributed by atoms with Crippen molar-refractivity contribution >= 4 is 24.0 Å². The molecule has 3 rings (SSSR count). The molecule has 1 fully saturated rings. The Morgan fingerprint density at radius 2 is 1.84 bits per heavy atom. The van der Waals surface area contributed by atoms with Gasteiger partial charge in [-0.25, -0.2) is 14.6 Å². The second-order valence-corrected chi connectivity index (χ2v) is 7.59. The van der Waals surface area contributed by atoms with Crippen LogP contribution in [0.2, 0.25) is 0 Å². The number of aromatic nitrogens is 2. The van der Waals surface area contributed by atoms with E-state index < -0.39 is 17.9 Å². The number of benzene rings is 1. The number of carboxylic acid groups (broad SMARTS) is 1. The van der Waals surface area contributed by atoms with E-state index >= 15 is 0 Å². The van der Waals surface area contributed by atoms with Gasteiger partial charge in [0.15, 0.2) is 0 Å². The predicted molar refractivity (Wildman–Crippen MR) is 116 cm³/mol. The number of nitrogens with one attached hydrogen (secondary N) is 1. The number of imidazole rings is 1. The summed E-state index contributed by atoms with van der Waals surface area (Å²) in [5.41, 5.74) is 2.21. The number of amides is 3. The first-order valence-corrected chi connectivity index (χ1v) is 10.7. The zero-order valence-electron chi connectivity index (χ0n) is 17.9. The van der Waals surface area contributed by atoms with Crippen molar-refractivity contribution in [3.8, 4) is 0 Å². The molecule has 164 valence electrons. The number of rotatable bonds is 10. The molecule has 0 bridgehead atoms. The van der Waals surface area contributed by atoms with Gasteiger partial charge >= 0.3 is 12.0 Å². The van der Waals surface area contributed by atoms with Crippen molar-refractivity contribution in [1.82, 2.24) is 19.8 Å². The van der Waals surface area contributed by atoms with E-state index in [4.69, 9.17) is 5.11 Å². The average Bonchev–Trinajstić information content (AvgIpc) is 3.25. The lowest BCUT2D eigenvalue weighted by Crippen LogP contribution is -2.28. The number of urea groups is 1. The van der Waals surface area contributed by atoms with Crippen molar-refractivity contribution in [1.29, 1.82) is 0 Å². The van der Waals surface area contributed by atoms with Crippen LogP contribution in [0.15, 0.2) is 36.2 Å². The highest BCUT2D eigenvalue weighted by Gasteiger charge is 2.32. The molecule has 1 aliphatic rings. The van der Waals surface area contributed by atoms with Crippen LogP contribution >= 0.6 is 0 Å². The molecule has 31 heavy (non-hydrogen) atoms. The first-order chi connectivity index (χ1) is 14.9. The summed E-state index contributed by atoms with van der Waals surface area (Å²) in [4.78, 5) is 41.7. The Kier molecular flexibility index (Phi) is 7.23. The monoisotopic (exact) mass is 424 g/mol. The van der Waals surface area contributed by atoms with E-state index in [-0.39, 0.29) is 5.56 Å². The number of aromatic carboxylic acids is 1. The molecule has 2 heterocycles. The molecule has 1 aliphatic heterocycles. The van der Waals surface area contributed by atoms with Crippen molar-refractivity contribution in [3.05, 3.63) is 58.8 Å². The standard InChI is InChI=1S/C23H28N4O4/c1-3-5-7-20-24-14-18(13-19-21(28)25-23(31)26(19)12-6-4-2)27(20)15-16-8-10-17(11-9-16)22(29)30/h8-11,13-14H,3-7,12,15H2,1-2H3,(H,29,30)(H,25,28,31)/b19-13-. The third-order valence-electron chi connectivity index (χ3n) is 5.27. The van der Waals surface area contributed by atoms with E-state index in [1.165, 1.54) is 4.90 Å². The Morgan fingerprint density at radius 3 is 2.48 bits per heavy atom. The molecule has 8 nitrogen and oxygen atoms in total. The van der Waals surface area contributed by atoms with Crippen molar-refractivity contribution in [3.63, 3.8) is 0 Å². The number of carbonyl (C=O) groups is 3. The predicted octanol–water partition coefficient (Wildman–Crippen LogP) is 3.67. The van der Waals surface area contributed by atoms with Crippen LogP contribution in [0.1, 0.15) is 67.0 Å². The number of nitrogens with zero attached hydrogens (tertiary/aromatic N) is 3. The van der Waals surface area contributed by atoms with Gasteiger partial charge in [-0.1, -0.05) is 38.8 Å². The number of carbonyl (C=O) groups excluding carboxylic acids is 2. The minimum absolute atomic E-state index is 0.232. The number of hydrogen-bond acceptors (Lipinski definition) is 4. The highest BCUT2D eigenvalue weighted by Crippen LogP contribution is 2.20. The van der Waals surface area contributed by atoms with Crippen LogP contribution in [-0.2, 0) is 17.8 Å². The molecule has 1 saturated heterocycles. The average molecular weight is 425 g/mol. The Bertz CT molecular complexity index is 992. The molecular weight excluding hydrogens is 396 g/mol. The molecule has 2 N–H and O–H groups in total. The zero-order chi connectivity index (χ0) is 22.4. The first-order valence-electron chi connectivity index (χ1n) is 10.7. The van der Waals surface area contributed by atoms with Crippen molar-refractivity contribution in [2.45, 2.75) is 52.5 Å². The zero-order valence-corrected chi connectivity index (χ0v) is 17.9. The van der Waals surface area contributed by atoms with E-state index in [0.717, 1.165) is 49.2 Å². The Hall–Kier alpha value is -3.42.